The second-order valence-electron chi connectivity index (χ2n) is 22.2. The molecule has 4 unspecified atom stereocenters. The van der Waals surface area contributed by atoms with Gasteiger partial charge in [-0.1, -0.05) is 141 Å². The van der Waals surface area contributed by atoms with E-state index in [1.807, 2.05) is 51.1 Å². The van der Waals surface area contributed by atoms with Crippen molar-refractivity contribution in [1.29, 1.82) is 0 Å². The minimum atomic E-state index is -0.185. The van der Waals surface area contributed by atoms with E-state index in [0.717, 1.165) is 67.0 Å². The molecule has 7 aromatic rings. The highest BCUT2D eigenvalue weighted by molar-refractivity contribution is 6.30. The monoisotopic (exact) mass is 1210 g/mol. The number of hydrogen-bond acceptors (Lipinski definition) is 14. The molecule has 470 valence electrons. The van der Waals surface area contributed by atoms with Crippen LogP contribution >= 0.6 is 11.6 Å². The number of nitrogens with zero attached hydrogens (tertiary/aromatic N) is 3. The lowest BCUT2D eigenvalue weighted by Crippen LogP contribution is -2.29. The van der Waals surface area contributed by atoms with Crippen molar-refractivity contribution in [1.82, 2.24) is 0 Å². The Balaban J connectivity index is 0.000000212. The van der Waals surface area contributed by atoms with Gasteiger partial charge in [-0.05, 0) is 155 Å². The van der Waals surface area contributed by atoms with E-state index in [2.05, 4.69) is 151 Å². The Morgan fingerprint density at radius 1 is 0.437 bits per heavy atom. The van der Waals surface area contributed by atoms with Gasteiger partial charge in [0.25, 0.3) is 0 Å². The van der Waals surface area contributed by atoms with Crippen LogP contribution in [0.4, 0.5) is 28.4 Å². The Morgan fingerprint density at radius 3 is 1.21 bits per heavy atom. The fraction of sp³-hybridized carbons (Fsp3) is 0.417. The van der Waals surface area contributed by atoms with E-state index in [0.29, 0.717) is 69.2 Å². The van der Waals surface area contributed by atoms with Crippen molar-refractivity contribution in [3.05, 3.63) is 219 Å². The maximum absolute atomic E-state index is 10.1. The molecule has 14 nitrogen and oxygen atoms in total. The third-order valence-electron chi connectivity index (χ3n) is 16.0. The van der Waals surface area contributed by atoms with Crippen molar-refractivity contribution in [2.75, 3.05) is 131 Å². The Morgan fingerprint density at radius 2 is 0.805 bits per heavy atom. The minimum absolute atomic E-state index is 0.0412. The molecule has 87 heavy (non-hydrogen) atoms. The SMILES string of the molecule is CCCCCC(c1ccc(NCCO)cc1)c1ccc(N(CCO)CCO)cc1.OCCN(CCO)c1ccc(C(c2ccc(Cl)cc2)c2ccc(C3CCCC(O)C3)cc2)cc1.OCCNc1ccc(Cc2ccc(N(CCO)CCO)cc2)cc1. The molecule has 0 saturated heterocycles. The van der Waals surface area contributed by atoms with E-state index in [1.165, 1.54) is 63.8 Å². The number of halogens is 1. The molecule has 0 aliphatic heterocycles. The average Bonchev–Trinajstić information content (AvgIpc) is 2.38. The summed E-state index contributed by atoms with van der Waals surface area (Å²) in [7, 11) is 0. The first kappa shape index (κ1) is 69.6. The summed E-state index contributed by atoms with van der Waals surface area (Å²) in [6, 6.07) is 58.7. The molecule has 0 radical (unpaired) electrons. The number of nitrogens with one attached hydrogen (secondary N) is 2. The Hall–Kier alpha value is -6.53. The second-order valence-corrected chi connectivity index (χ2v) is 22.6. The van der Waals surface area contributed by atoms with E-state index in [9.17, 15) is 25.5 Å². The summed E-state index contributed by atoms with van der Waals surface area (Å²) < 4.78 is 0. The molecule has 1 saturated carbocycles. The lowest BCUT2D eigenvalue weighted by Gasteiger charge is -2.27. The fourth-order valence-corrected chi connectivity index (χ4v) is 11.6. The highest BCUT2D eigenvalue weighted by atomic mass is 35.5. The van der Waals surface area contributed by atoms with Crippen LogP contribution in [-0.2, 0) is 6.42 Å². The Bertz CT molecular complexity index is 2840. The molecule has 4 atom stereocenters. The van der Waals surface area contributed by atoms with Gasteiger partial charge in [0.2, 0.25) is 0 Å². The second kappa shape index (κ2) is 39.4. The smallest absolute Gasteiger partial charge is 0.0606 e. The number of anilines is 5. The molecule has 15 heteroatoms. The van der Waals surface area contributed by atoms with Crippen molar-refractivity contribution in [2.45, 2.75) is 88.6 Å². The van der Waals surface area contributed by atoms with E-state index < -0.39 is 0 Å². The molecule has 0 heterocycles. The molecule has 7 aromatic carbocycles. The van der Waals surface area contributed by atoms with Crippen molar-refractivity contribution < 1.29 is 46.0 Å². The van der Waals surface area contributed by atoms with Crippen molar-refractivity contribution in [2.24, 2.45) is 0 Å². The van der Waals surface area contributed by atoms with Gasteiger partial charge in [0.1, 0.15) is 0 Å². The van der Waals surface area contributed by atoms with Gasteiger partial charge in [0, 0.05) is 97.7 Å². The quantitative estimate of drug-likeness (QED) is 0.0136. The van der Waals surface area contributed by atoms with Gasteiger partial charge in [-0.15, -0.1) is 0 Å². The van der Waals surface area contributed by atoms with Gasteiger partial charge in [-0.2, -0.15) is 0 Å². The van der Waals surface area contributed by atoms with Crippen LogP contribution in [0.25, 0.3) is 0 Å². The normalized spacial score (nSPS) is 14.4. The summed E-state index contributed by atoms with van der Waals surface area (Å²) in [6.45, 7) is 6.96. The van der Waals surface area contributed by atoms with Gasteiger partial charge in [-0.25, -0.2) is 0 Å². The lowest BCUT2D eigenvalue weighted by molar-refractivity contribution is 0.119. The maximum Gasteiger partial charge on any atom is 0.0606 e. The van der Waals surface area contributed by atoms with Crippen molar-refractivity contribution in [3.63, 3.8) is 0 Å². The van der Waals surface area contributed by atoms with Crippen LogP contribution in [0.1, 0.15) is 121 Å². The topological polar surface area (TPSA) is 216 Å². The number of aliphatic hydroxyl groups is 9. The summed E-state index contributed by atoms with van der Waals surface area (Å²) in [6.07, 6.45) is 9.36. The zero-order valence-corrected chi connectivity index (χ0v) is 51.7. The summed E-state index contributed by atoms with van der Waals surface area (Å²) in [5.41, 5.74) is 14.9. The third-order valence-corrected chi connectivity index (χ3v) is 16.3. The van der Waals surface area contributed by atoms with E-state index >= 15 is 0 Å². The summed E-state index contributed by atoms with van der Waals surface area (Å²) in [5, 5.41) is 90.4. The van der Waals surface area contributed by atoms with Gasteiger partial charge in [0.15, 0.2) is 0 Å². The van der Waals surface area contributed by atoms with Gasteiger partial charge in [-0.3, -0.25) is 0 Å². The van der Waals surface area contributed by atoms with E-state index in [4.69, 9.17) is 32.0 Å². The zero-order chi connectivity index (χ0) is 62.0. The summed E-state index contributed by atoms with van der Waals surface area (Å²) >= 11 is 6.18. The fourth-order valence-electron chi connectivity index (χ4n) is 11.4. The molecule has 0 bridgehead atoms. The van der Waals surface area contributed by atoms with Crippen LogP contribution in [0.5, 0.6) is 0 Å². The molecule has 1 fully saturated rings. The maximum atomic E-state index is 10.1. The van der Waals surface area contributed by atoms with Crippen molar-refractivity contribution >= 4 is 40.0 Å². The van der Waals surface area contributed by atoms with Crippen LogP contribution in [0, 0.1) is 0 Å². The first-order valence-electron chi connectivity index (χ1n) is 31.2. The van der Waals surface area contributed by atoms with Gasteiger partial charge in [0.05, 0.1) is 59.0 Å². The van der Waals surface area contributed by atoms with E-state index in [-0.39, 0.29) is 64.9 Å². The van der Waals surface area contributed by atoms with Gasteiger partial charge < -0.3 is 71.3 Å². The first-order chi connectivity index (χ1) is 42.6. The lowest BCUT2D eigenvalue weighted by atomic mass is 9.80. The molecule has 8 rings (SSSR count). The molecule has 0 spiro atoms. The molecular weight excluding hydrogens is 1110 g/mol. The van der Waals surface area contributed by atoms with Gasteiger partial charge >= 0.3 is 0 Å². The predicted octanol–water partition coefficient (Wildman–Crippen LogP) is 10.4. The van der Waals surface area contributed by atoms with Crippen LogP contribution in [-0.4, -0.2) is 157 Å². The predicted molar refractivity (Wildman–Crippen MR) is 357 cm³/mol. The zero-order valence-electron chi connectivity index (χ0n) is 50.9. The Kier molecular flexibility index (Phi) is 31.5. The molecule has 0 aromatic heterocycles. The highest BCUT2D eigenvalue weighted by Gasteiger charge is 2.24. The molecule has 0 amide bonds. The van der Waals surface area contributed by atoms with Crippen LogP contribution in [0.3, 0.4) is 0 Å². The number of hydrogen-bond donors (Lipinski definition) is 11. The number of rotatable bonds is 33. The number of aliphatic hydroxyl groups excluding tert-OH is 9. The molecule has 11 N–H and O–H groups in total. The Labute approximate surface area is 522 Å². The largest absolute Gasteiger partial charge is 0.395 e. The van der Waals surface area contributed by atoms with Crippen LogP contribution < -0.4 is 25.3 Å². The van der Waals surface area contributed by atoms with E-state index in [1.54, 1.807) is 0 Å². The van der Waals surface area contributed by atoms with Crippen LogP contribution in [0.15, 0.2) is 170 Å². The average molecular weight is 1210 g/mol. The molecule has 1 aliphatic rings. The number of unbranched alkanes of at least 4 members (excludes halogenated alkanes) is 2. The van der Waals surface area contributed by atoms with Crippen LogP contribution in [0.2, 0.25) is 5.02 Å². The van der Waals surface area contributed by atoms with Crippen molar-refractivity contribution in [3.8, 4) is 0 Å². The standard InChI is InChI=1S/C29H34ClNO3.C24H36N2O3.C19H26N2O3/c30-26-12-8-23(9-13-26)29(24-10-14-27(15-11-24)31(16-18-32)17-19-33)22-6-4-21(5-7-22)25-2-1-3-28(34)20-25;1-2-3-4-5-24(20-6-10-22(11-7-20)25-14-17-27)21-8-12-23(13-9-21)26(15-18-28)16-19-29;22-12-9-20-18-5-1-16(2-6-18)15-17-3-7-19(8-4-17)21(10-13-23)11-14-24/h4-15,25,28-29,32-34H,1-3,16-20H2;6-13,24-25,27-29H,2-5,14-19H2,1H3;1-8,20,22-24H,9-15H2. The highest BCUT2D eigenvalue weighted by Crippen LogP contribution is 2.38. The molecule has 1 aliphatic carbocycles. The summed E-state index contributed by atoms with van der Waals surface area (Å²) in [4.78, 5) is 5.94. The minimum Gasteiger partial charge on any atom is -0.395 e. The third kappa shape index (κ3) is 22.9. The molecular formula is C72H96ClN5O9. The number of benzene rings is 7. The summed E-state index contributed by atoms with van der Waals surface area (Å²) in [5.74, 6) is 0.822. The first-order valence-corrected chi connectivity index (χ1v) is 31.6.